The zero-order valence-corrected chi connectivity index (χ0v) is 9.83. The van der Waals surface area contributed by atoms with Crippen LogP contribution in [0.3, 0.4) is 0 Å². The summed E-state index contributed by atoms with van der Waals surface area (Å²) >= 11 is 0. The Balaban J connectivity index is 2.26. The molecule has 0 aliphatic heterocycles. The predicted octanol–water partition coefficient (Wildman–Crippen LogP) is 2.91. The zero-order valence-electron chi connectivity index (χ0n) is 9.83. The number of rotatable bonds is 4. The first-order valence-corrected chi connectivity index (χ1v) is 5.73. The van der Waals surface area contributed by atoms with Gasteiger partial charge in [0, 0.05) is 0 Å². The van der Waals surface area contributed by atoms with Crippen LogP contribution in [0.1, 0.15) is 18.9 Å². The highest BCUT2D eigenvalue weighted by Crippen LogP contribution is 2.58. The summed E-state index contributed by atoms with van der Waals surface area (Å²) in [5, 5.41) is 0. The lowest BCUT2D eigenvalue weighted by Gasteiger charge is -2.16. The van der Waals surface area contributed by atoms with Crippen LogP contribution in [0.5, 0.6) is 0 Å². The van der Waals surface area contributed by atoms with E-state index in [0.29, 0.717) is 0 Å². The second-order valence-corrected chi connectivity index (χ2v) is 4.36. The lowest BCUT2D eigenvalue weighted by molar-refractivity contribution is -0.145. The third kappa shape index (κ3) is 1.98. The van der Waals surface area contributed by atoms with Gasteiger partial charge in [-0.2, -0.15) is 0 Å². The van der Waals surface area contributed by atoms with Crippen LogP contribution < -0.4 is 0 Å². The summed E-state index contributed by atoms with van der Waals surface area (Å²) < 4.78 is 44.0. The fourth-order valence-corrected chi connectivity index (χ4v) is 2.26. The first-order valence-electron chi connectivity index (χ1n) is 5.73. The number of ether oxygens (including phenoxy) is 1. The van der Waals surface area contributed by atoms with Gasteiger partial charge < -0.3 is 4.74 Å². The third-order valence-corrected chi connectivity index (χ3v) is 3.35. The van der Waals surface area contributed by atoms with Gasteiger partial charge in [0.05, 0.1) is 17.9 Å². The molecule has 0 saturated heterocycles. The Kier molecular flexibility index (Phi) is 3.32. The number of hydrogen-bond acceptors (Lipinski definition) is 2. The van der Waals surface area contributed by atoms with Crippen LogP contribution in [0.2, 0.25) is 0 Å². The van der Waals surface area contributed by atoms with E-state index in [2.05, 4.69) is 0 Å². The number of halogens is 3. The molecule has 2 rings (SSSR count). The summed E-state index contributed by atoms with van der Waals surface area (Å²) in [6.45, 7) is 1.79. The van der Waals surface area contributed by atoms with Crippen LogP contribution in [0.4, 0.5) is 13.2 Å². The first-order chi connectivity index (χ1) is 8.52. The predicted molar refractivity (Wildman–Crippen MR) is 58.8 cm³/mol. The molecular formula is C13H13F3O2. The normalized spacial score (nSPS) is 26.2. The molecule has 0 amide bonds. The summed E-state index contributed by atoms with van der Waals surface area (Å²) in [6.07, 6.45) is -2.62. The molecular weight excluding hydrogens is 245 g/mol. The van der Waals surface area contributed by atoms with E-state index in [0.717, 1.165) is 12.1 Å². The molecule has 1 aromatic carbocycles. The number of benzene rings is 1. The molecule has 1 fully saturated rings. The van der Waals surface area contributed by atoms with E-state index in [1.165, 1.54) is 12.1 Å². The second kappa shape index (κ2) is 4.63. The second-order valence-electron chi connectivity index (χ2n) is 4.36. The van der Waals surface area contributed by atoms with Crippen molar-refractivity contribution in [2.45, 2.75) is 25.2 Å². The number of esters is 1. The van der Waals surface area contributed by atoms with Gasteiger partial charge in [-0.3, -0.25) is 4.79 Å². The highest BCUT2D eigenvalue weighted by molar-refractivity contribution is 5.79. The number of alkyl halides is 2. The average molecular weight is 258 g/mol. The van der Waals surface area contributed by atoms with Crippen molar-refractivity contribution in [3.05, 3.63) is 35.6 Å². The summed E-state index contributed by atoms with van der Waals surface area (Å²) in [5.74, 6) is -1.93. The molecule has 5 heteroatoms. The number of hydrogen-bond donors (Lipinski definition) is 0. The highest BCUT2D eigenvalue weighted by atomic mass is 19.3. The van der Waals surface area contributed by atoms with E-state index in [4.69, 9.17) is 4.74 Å². The molecule has 0 unspecified atom stereocenters. The Morgan fingerprint density at radius 2 is 2.06 bits per heavy atom. The Morgan fingerprint density at radius 1 is 1.44 bits per heavy atom. The Hall–Kier alpha value is -1.52. The van der Waals surface area contributed by atoms with Gasteiger partial charge in [0.15, 0.2) is 0 Å². The smallest absolute Gasteiger partial charge is 0.310 e. The van der Waals surface area contributed by atoms with Crippen LogP contribution in [0.15, 0.2) is 24.3 Å². The van der Waals surface area contributed by atoms with Crippen molar-refractivity contribution in [2.24, 2.45) is 5.92 Å². The van der Waals surface area contributed by atoms with Gasteiger partial charge in [0.1, 0.15) is 5.82 Å². The summed E-state index contributed by atoms with van der Waals surface area (Å²) in [6, 6.07) is 4.86. The SMILES string of the molecule is CCOC(=O)[C@H]1C[C@@]1(c1ccc(F)cc1)C(F)F. The summed E-state index contributed by atoms with van der Waals surface area (Å²) in [7, 11) is 0. The standard InChI is InChI=1S/C13H13F3O2/c1-2-18-11(17)10-7-13(10,12(15)16)8-3-5-9(14)6-4-8/h3-6,10,12H,2,7H2,1H3/t10-,13+/m1/s1. The van der Waals surface area contributed by atoms with Gasteiger partial charge in [0.25, 0.3) is 0 Å². The molecule has 2 atom stereocenters. The van der Waals surface area contributed by atoms with E-state index in [-0.39, 0.29) is 18.6 Å². The fourth-order valence-electron chi connectivity index (χ4n) is 2.26. The first kappa shape index (κ1) is 12.9. The molecule has 18 heavy (non-hydrogen) atoms. The monoisotopic (exact) mass is 258 g/mol. The molecule has 98 valence electrons. The van der Waals surface area contributed by atoms with Crippen LogP contribution >= 0.6 is 0 Å². The summed E-state index contributed by atoms with van der Waals surface area (Å²) in [5.41, 5.74) is -1.21. The van der Waals surface area contributed by atoms with Gasteiger partial charge in [-0.25, -0.2) is 13.2 Å². The molecule has 1 saturated carbocycles. The van der Waals surface area contributed by atoms with E-state index < -0.39 is 29.5 Å². The van der Waals surface area contributed by atoms with Crippen LogP contribution in [-0.4, -0.2) is 19.0 Å². The largest absolute Gasteiger partial charge is 0.466 e. The van der Waals surface area contributed by atoms with Crippen molar-refractivity contribution in [1.29, 1.82) is 0 Å². The maximum Gasteiger partial charge on any atom is 0.310 e. The van der Waals surface area contributed by atoms with Gasteiger partial charge in [-0.1, -0.05) is 12.1 Å². The van der Waals surface area contributed by atoms with E-state index in [9.17, 15) is 18.0 Å². The molecule has 0 bridgehead atoms. The lowest BCUT2D eigenvalue weighted by Crippen LogP contribution is -2.24. The molecule has 0 N–H and O–H groups in total. The van der Waals surface area contributed by atoms with Crippen LogP contribution in [-0.2, 0) is 14.9 Å². The topological polar surface area (TPSA) is 26.3 Å². The zero-order chi connectivity index (χ0) is 13.3. The van der Waals surface area contributed by atoms with Crippen molar-refractivity contribution in [1.82, 2.24) is 0 Å². The minimum absolute atomic E-state index is 0.0507. The summed E-state index contributed by atoms with van der Waals surface area (Å²) in [4.78, 5) is 11.5. The van der Waals surface area contributed by atoms with Gasteiger partial charge >= 0.3 is 5.97 Å². The van der Waals surface area contributed by atoms with Crippen molar-refractivity contribution in [3.63, 3.8) is 0 Å². The number of carbonyl (C=O) groups is 1. The van der Waals surface area contributed by atoms with Gasteiger partial charge in [-0.15, -0.1) is 0 Å². The molecule has 1 aromatic rings. The Morgan fingerprint density at radius 3 is 2.56 bits per heavy atom. The third-order valence-electron chi connectivity index (χ3n) is 3.35. The van der Waals surface area contributed by atoms with E-state index >= 15 is 0 Å². The minimum atomic E-state index is -2.67. The van der Waals surface area contributed by atoms with Crippen molar-refractivity contribution in [2.75, 3.05) is 6.61 Å². The molecule has 2 nitrogen and oxygen atoms in total. The highest BCUT2D eigenvalue weighted by Gasteiger charge is 2.66. The van der Waals surface area contributed by atoms with Crippen LogP contribution in [0.25, 0.3) is 0 Å². The average Bonchev–Trinajstić information content (AvgIpc) is 3.07. The van der Waals surface area contributed by atoms with Gasteiger partial charge in [0.2, 0.25) is 6.43 Å². The van der Waals surface area contributed by atoms with Crippen molar-refractivity contribution >= 4 is 5.97 Å². The fraction of sp³-hybridized carbons (Fsp3) is 0.462. The molecule has 0 radical (unpaired) electrons. The molecule has 0 heterocycles. The molecule has 0 aromatic heterocycles. The van der Waals surface area contributed by atoms with Gasteiger partial charge in [-0.05, 0) is 31.0 Å². The van der Waals surface area contributed by atoms with E-state index in [1.807, 2.05) is 0 Å². The minimum Gasteiger partial charge on any atom is -0.466 e. The maximum absolute atomic E-state index is 13.2. The molecule has 1 aliphatic rings. The Labute approximate surface area is 103 Å². The maximum atomic E-state index is 13.2. The lowest BCUT2D eigenvalue weighted by atomic mass is 9.93. The molecule has 1 aliphatic carbocycles. The molecule has 0 spiro atoms. The van der Waals surface area contributed by atoms with Crippen LogP contribution in [0, 0.1) is 11.7 Å². The van der Waals surface area contributed by atoms with Crippen molar-refractivity contribution in [3.8, 4) is 0 Å². The quantitative estimate of drug-likeness (QED) is 0.776. The van der Waals surface area contributed by atoms with Crippen molar-refractivity contribution < 1.29 is 22.7 Å². The number of carbonyl (C=O) groups excluding carboxylic acids is 1. The van der Waals surface area contributed by atoms with E-state index in [1.54, 1.807) is 6.92 Å². The Bertz CT molecular complexity index is 444.